The van der Waals surface area contributed by atoms with E-state index in [9.17, 15) is 4.79 Å². The molecule has 1 aromatic heterocycles. The van der Waals surface area contributed by atoms with E-state index in [2.05, 4.69) is 9.88 Å². The molecule has 23 heavy (non-hydrogen) atoms. The molecule has 0 fully saturated rings. The fourth-order valence-corrected chi connectivity index (χ4v) is 2.39. The van der Waals surface area contributed by atoms with E-state index < -0.39 is 0 Å². The number of pyridine rings is 1. The van der Waals surface area contributed by atoms with Crippen molar-refractivity contribution in [3.63, 3.8) is 0 Å². The second-order valence-electron chi connectivity index (χ2n) is 4.97. The van der Waals surface area contributed by atoms with Gasteiger partial charge in [-0.1, -0.05) is 17.7 Å². The van der Waals surface area contributed by atoms with Crippen LogP contribution in [0, 0.1) is 0 Å². The molecule has 1 N–H and O–H groups in total. The van der Waals surface area contributed by atoms with Crippen molar-refractivity contribution in [1.29, 1.82) is 0 Å². The van der Waals surface area contributed by atoms with E-state index in [4.69, 9.17) is 16.3 Å². The van der Waals surface area contributed by atoms with Gasteiger partial charge in [0.05, 0.1) is 12.1 Å². The van der Waals surface area contributed by atoms with E-state index in [1.165, 1.54) is 0 Å². The third kappa shape index (κ3) is 6.59. The maximum absolute atomic E-state index is 11.9. The molecule has 6 heteroatoms. The number of halogens is 2. The van der Waals surface area contributed by atoms with Gasteiger partial charge in [-0.05, 0) is 24.6 Å². The molecule has 1 heterocycles. The molecule has 0 radical (unpaired) electrons. The summed E-state index contributed by atoms with van der Waals surface area (Å²) in [5, 5.41) is 3.33. The molecule has 0 aliphatic rings. The van der Waals surface area contributed by atoms with E-state index in [0.29, 0.717) is 22.9 Å². The van der Waals surface area contributed by atoms with Crippen LogP contribution in [0.15, 0.2) is 48.8 Å². The van der Waals surface area contributed by atoms with Gasteiger partial charge in [0, 0.05) is 30.7 Å². The maximum atomic E-state index is 11.9. The first-order valence-corrected chi connectivity index (χ1v) is 7.64. The Morgan fingerprint density at radius 1 is 1.22 bits per heavy atom. The number of nitrogens with one attached hydrogen (secondary N) is 1. The number of benzene rings is 1. The van der Waals surface area contributed by atoms with Gasteiger partial charge in [0.2, 0.25) is 5.91 Å². The molecule has 2 aromatic rings. The molecule has 2 rings (SSSR count). The Kier molecular flexibility index (Phi) is 8.66. The number of nitrogens with zero attached hydrogens (tertiary/aromatic N) is 1. The van der Waals surface area contributed by atoms with Crippen molar-refractivity contribution in [1.82, 2.24) is 0 Å². The van der Waals surface area contributed by atoms with Crippen molar-refractivity contribution >= 4 is 23.2 Å². The molecular formula is C17H20BrClN2O2. The Balaban J connectivity index is 0.00000264. The largest absolute Gasteiger partial charge is 1.00 e. The van der Waals surface area contributed by atoms with Gasteiger partial charge in [-0.2, -0.15) is 0 Å². The molecule has 4 nitrogen and oxygen atoms in total. The summed E-state index contributed by atoms with van der Waals surface area (Å²) in [4.78, 5) is 11.9. The van der Waals surface area contributed by atoms with Crippen LogP contribution < -0.4 is 31.6 Å². The number of unbranched alkanes of at least 4 members (excludes halogenated alkanes) is 1. The van der Waals surface area contributed by atoms with Gasteiger partial charge in [0.25, 0.3) is 0 Å². The first kappa shape index (κ1) is 19.5. The van der Waals surface area contributed by atoms with Crippen LogP contribution in [0.4, 0.5) is 5.69 Å². The van der Waals surface area contributed by atoms with Crippen LogP contribution in [0.1, 0.15) is 19.3 Å². The summed E-state index contributed by atoms with van der Waals surface area (Å²) in [5.41, 5.74) is 0.688. The molecule has 0 saturated heterocycles. The number of ether oxygens (including phenoxy) is 1. The van der Waals surface area contributed by atoms with Crippen LogP contribution in [-0.4, -0.2) is 13.0 Å². The molecule has 0 spiro atoms. The van der Waals surface area contributed by atoms with Gasteiger partial charge < -0.3 is 27.0 Å². The number of rotatable bonds is 7. The predicted molar refractivity (Wildman–Crippen MR) is 87.1 cm³/mol. The highest BCUT2D eigenvalue weighted by Crippen LogP contribution is 2.27. The van der Waals surface area contributed by atoms with Crippen LogP contribution in [-0.2, 0) is 11.3 Å². The fraction of sp³-hybridized carbons (Fsp3) is 0.294. The van der Waals surface area contributed by atoms with Gasteiger partial charge in [-0.15, -0.1) is 0 Å². The first-order valence-electron chi connectivity index (χ1n) is 7.26. The van der Waals surface area contributed by atoms with Crippen LogP contribution in [0.2, 0.25) is 5.02 Å². The lowest BCUT2D eigenvalue weighted by Gasteiger charge is -2.07. The first-order chi connectivity index (χ1) is 10.7. The smallest absolute Gasteiger partial charge is 0.224 e. The zero-order chi connectivity index (χ0) is 15.8. The minimum absolute atomic E-state index is 0. The van der Waals surface area contributed by atoms with E-state index >= 15 is 0 Å². The molecule has 1 amide bonds. The van der Waals surface area contributed by atoms with E-state index in [1.807, 2.05) is 30.6 Å². The average molecular weight is 400 g/mol. The number of amides is 1. The molecule has 0 aliphatic carbocycles. The van der Waals surface area contributed by atoms with Crippen LogP contribution in [0.25, 0.3) is 0 Å². The Labute approximate surface area is 152 Å². The maximum Gasteiger partial charge on any atom is 0.224 e. The Morgan fingerprint density at radius 2 is 1.96 bits per heavy atom. The summed E-state index contributed by atoms with van der Waals surface area (Å²) in [6.07, 6.45) is 6.36. The Hall–Kier alpha value is -1.59. The highest BCUT2D eigenvalue weighted by molar-refractivity contribution is 6.32. The number of methoxy groups -OCH3 is 1. The number of hydrogen-bond acceptors (Lipinski definition) is 2. The minimum Gasteiger partial charge on any atom is -1.00 e. The summed E-state index contributed by atoms with van der Waals surface area (Å²) in [6, 6.07) is 11.2. The van der Waals surface area contributed by atoms with Crippen LogP contribution in [0.3, 0.4) is 0 Å². The SMILES string of the molecule is COc1ccc(NC(=O)CCCC[n+]2ccccc2)cc1Cl.[Br-]. The highest BCUT2D eigenvalue weighted by Gasteiger charge is 2.06. The van der Waals surface area contributed by atoms with Gasteiger partial charge in [0.1, 0.15) is 12.3 Å². The second kappa shape index (κ2) is 10.2. The zero-order valence-electron chi connectivity index (χ0n) is 13.0. The van der Waals surface area contributed by atoms with E-state index in [0.717, 1.165) is 19.4 Å². The van der Waals surface area contributed by atoms with Crippen molar-refractivity contribution in [3.8, 4) is 5.75 Å². The normalized spacial score (nSPS) is 9.83. The number of hydrogen-bond donors (Lipinski definition) is 1. The van der Waals surface area contributed by atoms with Crippen molar-refractivity contribution in [2.24, 2.45) is 0 Å². The van der Waals surface area contributed by atoms with Gasteiger partial charge in [0.15, 0.2) is 12.4 Å². The number of carbonyl (C=O) groups is 1. The van der Waals surface area contributed by atoms with Crippen LogP contribution in [0.5, 0.6) is 5.75 Å². The number of carbonyl (C=O) groups excluding carboxylic acids is 1. The van der Waals surface area contributed by atoms with Crippen LogP contribution >= 0.6 is 11.6 Å². The van der Waals surface area contributed by atoms with Crippen molar-refractivity contribution in [2.75, 3.05) is 12.4 Å². The summed E-state index contributed by atoms with van der Waals surface area (Å²) in [5.74, 6) is 0.596. The Bertz CT molecular complexity index is 623. The summed E-state index contributed by atoms with van der Waals surface area (Å²) >= 11 is 6.03. The van der Waals surface area contributed by atoms with Gasteiger partial charge in [-0.25, -0.2) is 4.57 Å². The lowest BCUT2D eigenvalue weighted by atomic mass is 10.2. The summed E-state index contributed by atoms with van der Waals surface area (Å²) in [7, 11) is 1.56. The highest BCUT2D eigenvalue weighted by atomic mass is 79.9. The average Bonchev–Trinajstić information content (AvgIpc) is 2.53. The monoisotopic (exact) mass is 398 g/mol. The predicted octanol–water partition coefficient (Wildman–Crippen LogP) is 0.449. The molecule has 1 aromatic carbocycles. The quantitative estimate of drug-likeness (QED) is 0.543. The lowest BCUT2D eigenvalue weighted by molar-refractivity contribution is -0.697. The second-order valence-corrected chi connectivity index (χ2v) is 5.38. The third-order valence-corrected chi connectivity index (χ3v) is 3.58. The molecule has 124 valence electrons. The molecule has 0 saturated carbocycles. The minimum atomic E-state index is -0.000653. The molecule has 0 aliphatic heterocycles. The van der Waals surface area contributed by atoms with Crippen molar-refractivity contribution < 1.29 is 31.1 Å². The molecule has 0 atom stereocenters. The summed E-state index contributed by atoms with van der Waals surface area (Å²) in [6.45, 7) is 0.919. The molecule has 0 unspecified atom stereocenters. The standard InChI is InChI=1S/C17H19ClN2O2.BrH/c1-22-16-9-8-14(13-15(16)18)19-17(21)7-3-6-12-20-10-4-2-5-11-20;/h2,4-5,8-11,13H,3,6-7,12H2,1H3;1H. The van der Waals surface area contributed by atoms with Gasteiger partial charge in [-0.3, -0.25) is 4.79 Å². The number of aromatic nitrogens is 1. The van der Waals surface area contributed by atoms with E-state index in [-0.39, 0.29) is 22.9 Å². The van der Waals surface area contributed by atoms with Gasteiger partial charge >= 0.3 is 0 Å². The fourth-order valence-electron chi connectivity index (χ4n) is 2.13. The molecule has 0 bridgehead atoms. The lowest BCUT2D eigenvalue weighted by Crippen LogP contribution is -3.00. The third-order valence-electron chi connectivity index (χ3n) is 3.28. The topological polar surface area (TPSA) is 42.2 Å². The number of aryl methyl sites for hydroxylation is 1. The van der Waals surface area contributed by atoms with E-state index in [1.54, 1.807) is 25.3 Å². The summed E-state index contributed by atoms with van der Waals surface area (Å²) < 4.78 is 7.19. The molecular weight excluding hydrogens is 380 g/mol. The number of anilines is 1. The van der Waals surface area contributed by atoms with Crippen molar-refractivity contribution in [3.05, 3.63) is 53.8 Å². The van der Waals surface area contributed by atoms with Crippen molar-refractivity contribution in [2.45, 2.75) is 25.8 Å². The zero-order valence-corrected chi connectivity index (χ0v) is 15.3. The Morgan fingerprint density at radius 3 is 2.61 bits per heavy atom.